The average molecular weight is 273 g/mol. The largest absolute Gasteiger partial charge is 0.337 e. The lowest BCUT2D eigenvalue weighted by molar-refractivity contribution is -0.138. The molecule has 0 spiro atoms. The topological polar surface area (TPSA) is 33.2 Å². The zero-order chi connectivity index (χ0) is 12.4. The number of carbonyl (C=O) groups is 1. The first-order valence-electron chi connectivity index (χ1n) is 5.67. The third kappa shape index (κ3) is 2.90. The molecule has 1 unspecified atom stereocenters. The van der Waals surface area contributed by atoms with Crippen molar-refractivity contribution in [3.63, 3.8) is 0 Å². The Kier molecular flexibility index (Phi) is 3.89. The number of aromatic nitrogens is 1. The molecule has 0 aromatic carbocycles. The molecule has 1 aromatic heterocycles. The maximum Gasteiger partial charge on any atom is 0.225 e. The first kappa shape index (κ1) is 12.7. The number of hydrogen-bond donors (Lipinski definition) is 0. The van der Waals surface area contributed by atoms with Gasteiger partial charge in [-0.15, -0.1) is 0 Å². The van der Waals surface area contributed by atoms with E-state index >= 15 is 0 Å². The minimum atomic E-state index is 0.0988. The van der Waals surface area contributed by atoms with Crippen LogP contribution >= 0.6 is 23.2 Å². The molecule has 0 N–H and O–H groups in total. The maximum absolute atomic E-state index is 11.9. The standard InChI is InChI=1S/C12H14Cl2N2O/c1-8-3-2-6-16(12(8)17)7-10-9(13)4-5-11(14)15-10/h4-5,8H,2-3,6-7H2,1H3. The van der Waals surface area contributed by atoms with E-state index < -0.39 is 0 Å². The van der Waals surface area contributed by atoms with E-state index in [2.05, 4.69) is 4.98 Å². The van der Waals surface area contributed by atoms with Crippen LogP contribution in [0.5, 0.6) is 0 Å². The summed E-state index contributed by atoms with van der Waals surface area (Å²) in [4.78, 5) is 17.9. The number of nitrogens with zero attached hydrogens (tertiary/aromatic N) is 2. The van der Waals surface area contributed by atoms with Gasteiger partial charge < -0.3 is 4.90 Å². The number of carbonyl (C=O) groups excluding carboxylic acids is 1. The third-order valence-corrected chi connectivity index (χ3v) is 3.58. The van der Waals surface area contributed by atoms with Gasteiger partial charge in [0.1, 0.15) is 5.15 Å². The van der Waals surface area contributed by atoms with Crippen LogP contribution in [-0.2, 0) is 11.3 Å². The van der Waals surface area contributed by atoms with Crippen molar-refractivity contribution < 1.29 is 4.79 Å². The summed E-state index contributed by atoms with van der Waals surface area (Å²) in [7, 11) is 0. The van der Waals surface area contributed by atoms with Crippen molar-refractivity contribution in [1.29, 1.82) is 0 Å². The fourth-order valence-corrected chi connectivity index (χ4v) is 2.37. The molecule has 1 aromatic rings. The Hall–Kier alpha value is -0.800. The number of amides is 1. The number of likely N-dealkylation sites (tertiary alicyclic amines) is 1. The second-order valence-electron chi connectivity index (χ2n) is 4.37. The van der Waals surface area contributed by atoms with Crippen LogP contribution in [0.1, 0.15) is 25.5 Å². The van der Waals surface area contributed by atoms with Gasteiger partial charge in [-0.2, -0.15) is 0 Å². The Labute approximate surface area is 111 Å². The monoisotopic (exact) mass is 272 g/mol. The molecule has 1 amide bonds. The second-order valence-corrected chi connectivity index (χ2v) is 5.16. The van der Waals surface area contributed by atoms with Crippen LogP contribution < -0.4 is 0 Å². The van der Waals surface area contributed by atoms with Crippen LogP contribution in [0.4, 0.5) is 0 Å². The maximum atomic E-state index is 11.9. The summed E-state index contributed by atoms with van der Waals surface area (Å²) >= 11 is 11.9. The van der Waals surface area contributed by atoms with Crippen LogP contribution in [0.25, 0.3) is 0 Å². The van der Waals surface area contributed by atoms with Gasteiger partial charge in [-0.1, -0.05) is 30.1 Å². The van der Waals surface area contributed by atoms with Crippen molar-refractivity contribution in [2.45, 2.75) is 26.3 Å². The average Bonchev–Trinajstić information content (AvgIpc) is 2.30. The van der Waals surface area contributed by atoms with Crippen molar-refractivity contribution >= 4 is 29.1 Å². The molecule has 0 radical (unpaired) electrons. The van der Waals surface area contributed by atoms with Crippen LogP contribution in [0, 0.1) is 5.92 Å². The highest BCUT2D eigenvalue weighted by molar-refractivity contribution is 6.32. The van der Waals surface area contributed by atoms with E-state index in [1.165, 1.54) is 0 Å². The fraction of sp³-hybridized carbons (Fsp3) is 0.500. The molecule has 92 valence electrons. The van der Waals surface area contributed by atoms with Crippen LogP contribution in [0.15, 0.2) is 12.1 Å². The molecular weight excluding hydrogens is 259 g/mol. The molecule has 0 saturated carbocycles. The summed E-state index contributed by atoms with van der Waals surface area (Å²) in [6, 6.07) is 3.36. The van der Waals surface area contributed by atoms with E-state index in [0.29, 0.717) is 22.4 Å². The van der Waals surface area contributed by atoms with Gasteiger partial charge in [-0.25, -0.2) is 4.98 Å². The predicted octanol–water partition coefficient (Wildman–Crippen LogP) is 3.15. The highest BCUT2D eigenvalue weighted by atomic mass is 35.5. The highest BCUT2D eigenvalue weighted by Gasteiger charge is 2.25. The van der Waals surface area contributed by atoms with Crippen LogP contribution in [0.2, 0.25) is 10.2 Å². The number of rotatable bonds is 2. The molecular formula is C12H14Cl2N2O. The number of hydrogen-bond acceptors (Lipinski definition) is 2. The Bertz CT molecular complexity index is 437. The smallest absolute Gasteiger partial charge is 0.225 e. The van der Waals surface area contributed by atoms with Gasteiger partial charge in [0, 0.05) is 12.5 Å². The lowest BCUT2D eigenvalue weighted by Gasteiger charge is -2.30. The van der Waals surface area contributed by atoms with E-state index in [4.69, 9.17) is 23.2 Å². The Morgan fingerprint density at radius 2 is 2.24 bits per heavy atom. The Morgan fingerprint density at radius 1 is 1.47 bits per heavy atom. The van der Waals surface area contributed by atoms with Gasteiger partial charge in [-0.3, -0.25) is 4.79 Å². The second kappa shape index (κ2) is 5.23. The molecule has 1 saturated heterocycles. The minimum Gasteiger partial charge on any atom is -0.337 e. The Morgan fingerprint density at radius 3 is 3.00 bits per heavy atom. The third-order valence-electron chi connectivity index (χ3n) is 3.02. The first-order valence-corrected chi connectivity index (χ1v) is 6.43. The summed E-state index contributed by atoms with van der Waals surface area (Å²) in [5, 5.41) is 0.960. The van der Waals surface area contributed by atoms with Gasteiger partial charge in [-0.05, 0) is 25.0 Å². The molecule has 2 heterocycles. The summed E-state index contributed by atoms with van der Waals surface area (Å²) in [6.07, 6.45) is 2.00. The Balaban J connectivity index is 2.14. The number of halogens is 2. The van der Waals surface area contributed by atoms with Crippen LogP contribution in [-0.4, -0.2) is 22.3 Å². The van der Waals surface area contributed by atoms with Crippen molar-refractivity contribution in [3.8, 4) is 0 Å². The van der Waals surface area contributed by atoms with E-state index in [1.807, 2.05) is 6.92 Å². The van der Waals surface area contributed by atoms with Gasteiger partial charge in [0.15, 0.2) is 0 Å². The van der Waals surface area contributed by atoms with E-state index in [0.717, 1.165) is 19.4 Å². The van der Waals surface area contributed by atoms with Crippen LogP contribution in [0.3, 0.4) is 0 Å². The van der Waals surface area contributed by atoms with Crippen molar-refractivity contribution in [2.75, 3.05) is 6.54 Å². The molecule has 1 atom stereocenters. The molecule has 1 fully saturated rings. The quantitative estimate of drug-likeness (QED) is 0.775. The summed E-state index contributed by atoms with van der Waals surface area (Å²) in [6.45, 7) is 3.18. The number of pyridine rings is 1. The minimum absolute atomic E-state index is 0.0988. The lowest BCUT2D eigenvalue weighted by atomic mass is 9.99. The SMILES string of the molecule is CC1CCCN(Cc2nc(Cl)ccc2Cl)C1=O. The molecule has 0 bridgehead atoms. The van der Waals surface area contributed by atoms with Gasteiger partial charge in [0.2, 0.25) is 5.91 Å². The molecule has 17 heavy (non-hydrogen) atoms. The fourth-order valence-electron chi connectivity index (χ4n) is 2.04. The molecule has 3 nitrogen and oxygen atoms in total. The van der Waals surface area contributed by atoms with Gasteiger partial charge in [0.05, 0.1) is 17.3 Å². The molecule has 1 aliphatic rings. The highest BCUT2D eigenvalue weighted by Crippen LogP contribution is 2.23. The molecule has 5 heteroatoms. The van der Waals surface area contributed by atoms with Gasteiger partial charge >= 0.3 is 0 Å². The van der Waals surface area contributed by atoms with E-state index in [1.54, 1.807) is 17.0 Å². The molecule has 0 aliphatic carbocycles. The molecule has 1 aliphatic heterocycles. The van der Waals surface area contributed by atoms with Crippen molar-refractivity contribution in [1.82, 2.24) is 9.88 Å². The van der Waals surface area contributed by atoms with Crippen molar-refractivity contribution in [3.05, 3.63) is 28.0 Å². The molecule has 2 rings (SSSR count). The zero-order valence-corrected chi connectivity index (χ0v) is 11.1. The van der Waals surface area contributed by atoms with Crippen molar-refractivity contribution in [2.24, 2.45) is 5.92 Å². The number of piperidine rings is 1. The van der Waals surface area contributed by atoms with E-state index in [9.17, 15) is 4.79 Å². The normalized spacial score (nSPS) is 20.8. The summed E-state index contributed by atoms with van der Waals surface area (Å²) in [5.74, 6) is 0.274. The van der Waals surface area contributed by atoms with E-state index in [-0.39, 0.29) is 11.8 Å². The lowest BCUT2D eigenvalue weighted by Crippen LogP contribution is -2.39. The first-order chi connectivity index (χ1) is 8.08. The zero-order valence-electron chi connectivity index (χ0n) is 9.62. The predicted molar refractivity (Wildman–Crippen MR) is 68.1 cm³/mol. The van der Waals surface area contributed by atoms with Gasteiger partial charge in [0.25, 0.3) is 0 Å². The summed E-state index contributed by atoms with van der Waals surface area (Å²) < 4.78 is 0. The summed E-state index contributed by atoms with van der Waals surface area (Å²) in [5.41, 5.74) is 0.668.